The van der Waals surface area contributed by atoms with Gasteiger partial charge in [0.1, 0.15) is 5.54 Å². The number of likely N-dealkylation sites (N-methyl/N-ethyl adjacent to an activating group) is 1. The SMILES string of the molecule is CCOC(=O)C(C)(CC(C)SC(C)C(C)O)NC. The van der Waals surface area contributed by atoms with Crippen LogP contribution in [0.25, 0.3) is 0 Å². The smallest absolute Gasteiger partial charge is 0.326 e. The van der Waals surface area contributed by atoms with E-state index in [-0.39, 0.29) is 22.6 Å². The number of aliphatic hydroxyl groups excluding tert-OH is 1. The number of hydrogen-bond acceptors (Lipinski definition) is 5. The third-order valence-corrected chi connectivity index (χ3v) is 4.55. The Kier molecular flexibility index (Phi) is 7.90. The minimum Gasteiger partial charge on any atom is -0.465 e. The molecule has 0 aromatic heterocycles. The number of aliphatic hydroxyl groups is 1. The molecule has 0 heterocycles. The highest BCUT2D eigenvalue weighted by Gasteiger charge is 2.35. The average molecular weight is 277 g/mol. The topological polar surface area (TPSA) is 58.6 Å². The molecular formula is C13H27NO3S. The first-order valence-corrected chi connectivity index (χ1v) is 7.40. The largest absolute Gasteiger partial charge is 0.465 e. The second-order valence-corrected chi connectivity index (χ2v) is 6.72. The minimum absolute atomic E-state index is 0.156. The number of hydrogen-bond donors (Lipinski definition) is 2. The molecular weight excluding hydrogens is 250 g/mol. The summed E-state index contributed by atoms with van der Waals surface area (Å²) in [5.41, 5.74) is -0.666. The molecule has 0 aromatic carbocycles. The third-order valence-electron chi connectivity index (χ3n) is 3.10. The molecule has 4 unspecified atom stereocenters. The van der Waals surface area contributed by atoms with Gasteiger partial charge >= 0.3 is 5.97 Å². The molecule has 5 heteroatoms. The second-order valence-electron chi connectivity index (χ2n) is 4.90. The first-order chi connectivity index (χ1) is 8.26. The molecule has 0 aliphatic carbocycles. The van der Waals surface area contributed by atoms with E-state index in [0.717, 1.165) is 0 Å². The maximum Gasteiger partial charge on any atom is 0.326 e. The number of ether oxygens (including phenoxy) is 1. The van der Waals surface area contributed by atoms with E-state index in [2.05, 4.69) is 12.2 Å². The van der Waals surface area contributed by atoms with Gasteiger partial charge in [0.05, 0.1) is 12.7 Å². The predicted molar refractivity (Wildman–Crippen MR) is 76.9 cm³/mol. The van der Waals surface area contributed by atoms with Gasteiger partial charge in [0.2, 0.25) is 0 Å². The van der Waals surface area contributed by atoms with E-state index >= 15 is 0 Å². The van der Waals surface area contributed by atoms with E-state index in [4.69, 9.17) is 4.74 Å². The fourth-order valence-corrected chi connectivity index (χ4v) is 3.07. The lowest BCUT2D eigenvalue weighted by molar-refractivity contribution is -0.150. The molecule has 4 nitrogen and oxygen atoms in total. The van der Waals surface area contributed by atoms with Crippen molar-refractivity contribution < 1.29 is 14.6 Å². The molecule has 0 spiro atoms. The third kappa shape index (κ3) is 5.59. The normalized spacial score (nSPS) is 19.7. The van der Waals surface area contributed by atoms with Crippen LogP contribution in [0.5, 0.6) is 0 Å². The summed E-state index contributed by atoms with van der Waals surface area (Å²) in [7, 11) is 1.77. The van der Waals surface area contributed by atoms with E-state index in [1.165, 1.54) is 0 Å². The van der Waals surface area contributed by atoms with Gasteiger partial charge in [0.25, 0.3) is 0 Å². The summed E-state index contributed by atoms with van der Waals surface area (Å²) < 4.78 is 5.09. The molecule has 0 aliphatic rings. The van der Waals surface area contributed by atoms with Crippen molar-refractivity contribution in [1.82, 2.24) is 5.32 Å². The van der Waals surface area contributed by atoms with E-state index in [9.17, 15) is 9.90 Å². The van der Waals surface area contributed by atoms with E-state index in [0.29, 0.717) is 13.0 Å². The Bertz CT molecular complexity index is 261. The zero-order valence-electron chi connectivity index (χ0n) is 12.3. The van der Waals surface area contributed by atoms with Gasteiger partial charge in [-0.3, -0.25) is 4.79 Å². The Morgan fingerprint density at radius 1 is 1.44 bits per heavy atom. The fourth-order valence-electron chi connectivity index (χ4n) is 1.68. The number of carbonyl (C=O) groups excluding carboxylic acids is 1. The van der Waals surface area contributed by atoms with Crippen molar-refractivity contribution in [2.75, 3.05) is 13.7 Å². The predicted octanol–water partition coefficient (Wildman–Crippen LogP) is 1.81. The van der Waals surface area contributed by atoms with Crippen LogP contribution in [0.3, 0.4) is 0 Å². The van der Waals surface area contributed by atoms with Gasteiger partial charge in [-0.25, -0.2) is 0 Å². The van der Waals surface area contributed by atoms with Crippen LogP contribution in [-0.2, 0) is 9.53 Å². The van der Waals surface area contributed by atoms with Gasteiger partial charge in [-0.2, -0.15) is 11.8 Å². The summed E-state index contributed by atoms with van der Waals surface area (Å²) in [6.45, 7) is 9.90. The van der Waals surface area contributed by atoms with Crippen LogP contribution in [-0.4, -0.2) is 46.9 Å². The molecule has 0 rings (SSSR count). The lowest BCUT2D eigenvalue weighted by Gasteiger charge is -2.30. The van der Waals surface area contributed by atoms with Crippen molar-refractivity contribution in [3.8, 4) is 0 Å². The monoisotopic (exact) mass is 277 g/mol. The molecule has 0 saturated heterocycles. The van der Waals surface area contributed by atoms with Crippen LogP contribution in [0.1, 0.15) is 41.0 Å². The van der Waals surface area contributed by atoms with Crippen LogP contribution in [0.4, 0.5) is 0 Å². The number of nitrogens with one attached hydrogen (secondary N) is 1. The highest BCUT2D eigenvalue weighted by Crippen LogP contribution is 2.27. The Balaban J connectivity index is 4.47. The van der Waals surface area contributed by atoms with Crippen LogP contribution in [0, 0.1) is 0 Å². The number of rotatable bonds is 8. The van der Waals surface area contributed by atoms with E-state index in [1.54, 1.807) is 25.7 Å². The summed E-state index contributed by atoms with van der Waals surface area (Å²) in [5, 5.41) is 13.0. The Labute approximate surface area is 115 Å². The molecule has 0 bridgehead atoms. The number of esters is 1. The molecule has 2 N–H and O–H groups in total. The maximum absolute atomic E-state index is 11.9. The van der Waals surface area contributed by atoms with Gasteiger partial charge in [-0.05, 0) is 34.2 Å². The molecule has 0 amide bonds. The lowest BCUT2D eigenvalue weighted by Crippen LogP contribution is -2.50. The highest BCUT2D eigenvalue weighted by atomic mass is 32.2. The van der Waals surface area contributed by atoms with Crippen molar-refractivity contribution in [3.63, 3.8) is 0 Å². The molecule has 0 fully saturated rings. The number of thioether (sulfide) groups is 1. The van der Waals surface area contributed by atoms with Crippen molar-refractivity contribution >= 4 is 17.7 Å². The van der Waals surface area contributed by atoms with Crippen LogP contribution in [0.2, 0.25) is 0 Å². The summed E-state index contributed by atoms with van der Waals surface area (Å²) in [6.07, 6.45) is 0.324. The van der Waals surface area contributed by atoms with Gasteiger partial charge in [-0.15, -0.1) is 0 Å². The summed E-state index contributed by atoms with van der Waals surface area (Å²) >= 11 is 1.69. The van der Waals surface area contributed by atoms with Crippen molar-refractivity contribution in [3.05, 3.63) is 0 Å². The van der Waals surface area contributed by atoms with Gasteiger partial charge in [0, 0.05) is 10.5 Å². The summed E-state index contributed by atoms with van der Waals surface area (Å²) in [6, 6.07) is 0. The molecule has 0 aromatic rings. The fraction of sp³-hybridized carbons (Fsp3) is 0.923. The van der Waals surface area contributed by atoms with E-state index in [1.807, 2.05) is 20.8 Å². The molecule has 0 saturated carbocycles. The Hall–Kier alpha value is -0.260. The van der Waals surface area contributed by atoms with Crippen molar-refractivity contribution in [2.24, 2.45) is 0 Å². The van der Waals surface area contributed by atoms with Crippen LogP contribution in [0.15, 0.2) is 0 Å². The Morgan fingerprint density at radius 2 is 2.00 bits per heavy atom. The zero-order valence-corrected chi connectivity index (χ0v) is 13.1. The molecule has 108 valence electrons. The molecule has 0 radical (unpaired) electrons. The standard InChI is InChI=1S/C13H27NO3S/c1-7-17-12(16)13(5,14-6)8-9(2)18-11(4)10(3)15/h9-11,14-15H,7-8H2,1-6H3. The average Bonchev–Trinajstić information content (AvgIpc) is 2.28. The number of carbonyl (C=O) groups is 1. The lowest BCUT2D eigenvalue weighted by atomic mass is 9.96. The summed E-state index contributed by atoms with van der Waals surface area (Å²) in [4.78, 5) is 11.9. The van der Waals surface area contributed by atoms with Crippen LogP contribution >= 0.6 is 11.8 Å². The molecule has 18 heavy (non-hydrogen) atoms. The zero-order chi connectivity index (χ0) is 14.3. The highest BCUT2D eigenvalue weighted by molar-refractivity contribution is 8.00. The van der Waals surface area contributed by atoms with Gasteiger partial charge in [-0.1, -0.05) is 13.8 Å². The van der Waals surface area contributed by atoms with Crippen molar-refractivity contribution in [2.45, 2.75) is 63.2 Å². The summed E-state index contributed by atoms with van der Waals surface area (Å²) in [5.74, 6) is -0.218. The molecule has 0 aliphatic heterocycles. The van der Waals surface area contributed by atoms with Gasteiger partial charge < -0.3 is 15.2 Å². The Morgan fingerprint density at radius 3 is 2.39 bits per heavy atom. The van der Waals surface area contributed by atoms with Crippen LogP contribution < -0.4 is 5.32 Å². The first kappa shape index (κ1) is 17.7. The van der Waals surface area contributed by atoms with Crippen molar-refractivity contribution in [1.29, 1.82) is 0 Å². The quantitative estimate of drug-likeness (QED) is 0.663. The maximum atomic E-state index is 11.9. The van der Waals surface area contributed by atoms with E-state index < -0.39 is 5.54 Å². The van der Waals surface area contributed by atoms with Gasteiger partial charge in [0.15, 0.2) is 0 Å². The molecule has 4 atom stereocenters. The first-order valence-electron chi connectivity index (χ1n) is 6.46. The minimum atomic E-state index is -0.666. The second kappa shape index (κ2) is 8.02.